The van der Waals surface area contributed by atoms with E-state index >= 15 is 0 Å². The van der Waals surface area contributed by atoms with Crippen LogP contribution in [0.25, 0.3) is 11.1 Å². The van der Waals surface area contributed by atoms with Gasteiger partial charge in [-0.2, -0.15) is 13.2 Å². The molecule has 2 N–H and O–H groups in total. The molecule has 0 saturated heterocycles. The quantitative estimate of drug-likeness (QED) is 0.636. The van der Waals surface area contributed by atoms with Crippen molar-refractivity contribution in [1.82, 2.24) is 0 Å². The van der Waals surface area contributed by atoms with Crippen molar-refractivity contribution in [1.29, 1.82) is 0 Å². The fraction of sp³-hybridized carbons (Fsp3) is 0.0769. The van der Waals surface area contributed by atoms with Crippen LogP contribution in [0, 0.1) is 17.5 Å². The SMILES string of the molecule is O=S(O)Nc1cc(F)c(-c2ccc(C(F)(F)F)c(F)c2)c(F)c1. The summed E-state index contributed by atoms with van der Waals surface area (Å²) in [7, 11) is 0. The van der Waals surface area contributed by atoms with Gasteiger partial charge in [-0.05, 0) is 29.8 Å². The van der Waals surface area contributed by atoms with E-state index in [1.807, 2.05) is 4.72 Å². The van der Waals surface area contributed by atoms with Crippen LogP contribution in [0.15, 0.2) is 30.3 Å². The monoisotopic (exact) mass is 355 g/mol. The third-order valence-electron chi connectivity index (χ3n) is 2.81. The highest BCUT2D eigenvalue weighted by Crippen LogP contribution is 2.35. The second-order valence-corrected chi connectivity index (χ2v) is 5.06. The van der Waals surface area contributed by atoms with E-state index < -0.39 is 51.6 Å². The van der Waals surface area contributed by atoms with Gasteiger partial charge in [0.25, 0.3) is 11.3 Å². The number of nitrogens with one attached hydrogen (secondary N) is 1. The van der Waals surface area contributed by atoms with Crippen LogP contribution < -0.4 is 4.72 Å². The zero-order valence-corrected chi connectivity index (χ0v) is 11.7. The van der Waals surface area contributed by atoms with Crippen LogP contribution in [0.5, 0.6) is 0 Å². The lowest BCUT2D eigenvalue weighted by Gasteiger charge is -2.11. The van der Waals surface area contributed by atoms with Gasteiger partial charge in [0, 0.05) is 0 Å². The topological polar surface area (TPSA) is 49.3 Å². The molecule has 0 aliphatic heterocycles. The van der Waals surface area contributed by atoms with Crippen molar-refractivity contribution < 1.29 is 35.1 Å². The first-order valence-electron chi connectivity index (χ1n) is 5.83. The summed E-state index contributed by atoms with van der Waals surface area (Å²) in [4.78, 5) is 0. The number of anilines is 1. The molecule has 124 valence electrons. The Balaban J connectivity index is 2.51. The highest BCUT2D eigenvalue weighted by Gasteiger charge is 2.34. The lowest BCUT2D eigenvalue weighted by molar-refractivity contribution is -0.139. The Kier molecular flexibility index (Phi) is 4.66. The van der Waals surface area contributed by atoms with Crippen molar-refractivity contribution in [2.45, 2.75) is 6.18 Å². The van der Waals surface area contributed by atoms with Gasteiger partial charge in [-0.1, -0.05) is 6.07 Å². The van der Waals surface area contributed by atoms with Gasteiger partial charge in [0.1, 0.15) is 17.5 Å². The fourth-order valence-corrected chi connectivity index (χ4v) is 2.23. The molecule has 2 aromatic carbocycles. The summed E-state index contributed by atoms with van der Waals surface area (Å²) in [6.45, 7) is 0. The zero-order chi connectivity index (χ0) is 17.4. The third kappa shape index (κ3) is 3.82. The summed E-state index contributed by atoms with van der Waals surface area (Å²) >= 11 is -2.57. The van der Waals surface area contributed by atoms with Crippen molar-refractivity contribution in [3.8, 4) is 11.1 Å². The summed E-state index contributed by atoms with van der Waals surface area (Å²) in [5, 5.41) is 0. The van der Waals surface area contributed by atoms with Gasteiger partial charge in [0.15, 0.2) is 0 Å². The Labute approximate surface area is 128 Å². The van der Waals surface area contributed by atoms with Gasteiger partial charge in [0.2, 0.25) is 0 Å². The Morgan fingerprint density at radius 2 is 1.52 bits per heavy atom. The van der Waals surface area contributed by atoms with E-state index in [0.29, 0.717) is 24.3 Å². The maximum Gasteiger partial charge on any atom is 0.419 e. The fourth-order valence-electron chi connectivity index (χ4n) is 1.91. The number of hydrogen-bond acceptors (Lipinski definition) is 1. The predicted octanol–water partition coefficient (Wildman–Crippen LogP) is 4.34. The van der Waals surface area contributed by atoms with Crippen LogP contribution in [0.1, 0.15) is 5.56 Å². The predicted molar refractivity (Wildman–Crippen MR) is 71.1 cm³/mol. The van der Waals surface area contributed by atoms with E-state index in [2.05, 4.69) is 0 Å². The normalized spacial score (nSPS) is 13.0. The molecular formula is C13H7F6NO2S. The van der Waals surface area contributed by atoms with Gasteiger partial charge in [-0.3, -0.25) is 9.27 Å². The molecular weight excluding hydrogens is 348 g/mol. The number of rotatable bonds is 3. The molecule has 2 rings (SSSR count). The maximum atomic E-state index is 13.9. The van der Waals surface area contributed by atoms with E-state index in [-0.39, 0.29) is 5.69 Å². The van der Waals surface area contributed by atoms with Gasteiger partial charge < -0.3 is 0 Å². The maximum absolute atomic E-state index is 13.9. The molecule has 0 fully saturated rings. The van der Waals surface area contributed by atoms with Gasteiger partial charge in [-0.25, -0.2) is 17.4 Å². The minimum absolute atomic E-state index is 0.363. The number of alkyl halides is 3. The lowest BCUT2D eigenvalue weighted by atomic mass is 10.0. The average Bonchev–Trinajstić information content (AvgIpc) is 2.35. The summed E-state index contributed by atoms with van der Waals surface area (Å²) in [6, 6.07) is 2.77. The minimum atomic E-state index is -4.93. The molecule has 2 aromatic rings. The highest BCUT2D eigenvalue weighted by atomic mass is 32.2. The lowest BCUT2D eigenvalue weighted by Crippen LogP contribution is -2.08. The van der Waals surface area contributed by atoms with E-state index in [1.54, 1.807) is 0 Å². The highest BCUT2D eigenvalue weighted by molar-refractivity contribution is 7.80. The smallest absolute Gasteiger partial charge is 0.289 e. The van der Waals surface area contributed by atoms with Gasteiger partial charge in [0.05, 0.1) is 16.8 Å². The third-order valence-corrected chi connectivity index (χ3v) is 3.22. The van der Waals surface area contributed by atoms with Crippen molar-refractivity contribution >= 4 is 17.0 Å². The van der Waals surface area contributed by atoms with Gasteiger partial charge >= 0.3 is 6.18 Å². The first kappa shape index (κ1) is 17.3. The van der Waals surface area contributed by atoms with E-state index in [0.717, 1.165) is 6.07 Å². The molecule has 0 aliphatic carbocycles. The van der Waals surface area contributed by atoms with Crippen LogP contribution in [-0.4, -0.2) is 8.76 Å². The zero-order valence-electron chi connectivity index (χ0n) is 10.9. The van der Waals surface area contributed by atoms with Gasteiger partial charge in [-0.15, -0.1) is 0 Å². The van der Waals surface area contributed by atoms with Crippen LogP contribution in [0.3, 0.4) is 0 Å². The Morgan fingerprint density at radius 1 is 0.957 bits per heavy atom. The molecule has 1 unspecified atom stereocenters. The van der Waals surface area contributed by atoms with Crippen LogP contribution >= 0.6 is 0 Å². The van der Waals surface area contributed by atoms with Crippen LogP contribution in [0.4, 0.5) is 32.0 Å². The second kappa shape index (κ2) is 6.20. The molecule has 1 atom stereocenters. The van der Waals surface area contributed by atoms with E-state index in [1.165, 1.54) is 0 Å². The van der Waals surface area contributed by atoms with Crippen molar-refractivity contribution in [2.24, 2.45) is 0 Å². The molecule has 0 spiro atoms. The summed E-state index contributed by atoms with van der Waals surface area (Å²) in [5.41, 5.74) is -3.12. The van der Waals surface area contributed by atoms with Crippen LogP contribution in [-0.2, 0) is 17.4 Å². The number of halogens is 6. The molecule has 0 bridgehead atoms. The van der Waals surface area contributed by atoms with Crippen molar-refractivity contribution in [3.05, 3.63) is 53.3 Å². The molecule has 0 aromatic heterocycles. The summed E-state index contributed by atoms with van der Waals surface area (Å²) in [5.74, 6) is -4.15. The second-order valence-electron chi connectivity index (χ2n) is 4.36. The molecule has 0 saturated carbocycles. The molecule has 23 heavy (non-hydrogen) atoms. The van der Waals surface area contributed by atoms with Crippen molar-refractivity contribution in [3.63, 3.8) is 0 Å². The Morgan fingerprint density at radius 3 is 1.96 bits per heavy atom. The molecule has 0 aliphatic rings. The average molecular weight is 355 g/mol. The molecule has 0 heterocycles. The minimum Gasteiger partial charge on any atom is -0.289 e. The first-order chi connectivity index (χ1) is 10.6. The Hall–Kier alpha value is -2.07. The number of hydrogen-bond donors (Lipinski definition) is 2. The largest absolute Gasteiger partial charge is 0.419 e. The standard InChI is InChI=1S/C13H7F6NO2S/c14-9-3-6(1-2-8(9)13(17,18)19)12-10(15)4-7(5-11(12)16)20-23(21)22/h1-5,20H,(H,21,22). The molecule has 0 amide bonds. The van der Waals surface area contributed by atoms with Crippen LogP contribution in [0.2, 0.25) is 0 Å². The molecule has 0 radical (unpaired) electrons. The summed E-state index contributed by atoms with van der Waals surface area (Å²) in [6.07, 6.45) is -4.93. The molecule has 3 nitrogen and oxygen atoms in total. The van der Waals surface area contributed by atoms with E-state index in [9.17, 15) is 30.6 Å². The Bertz CT molecular complexity index is 755. The molecule has 10 heteroatoms. The van der Waals surface area contributed by atoms with E-state index in [4.69, 9.17) is 4.55 Å². The summed E-state index contributed by atoms with van der Waals surface area (Å²) < 4.78 is 99.6. The number of benzene rings is 2. The van der Waals surface area contributed by atoms with Crippen molar-refractivity contribution in [2.75, 3.05) is 4.72 Å². The first-order valence-corrected chi connectivity index (χ1v) is 6.94.